The van der Waals surface area contributed by atoms with Gasteiger partial charge in [0.2, 0.25) is 11.8 Å². The fourth-order valence-corrected chi connectivity index (χ4v) is 1.81. The highest BCUT2D eigenvalue weighted by Gasteiger charge is 2.13. The van der Waals surface area contributed by atoms with E-state index in [0.29, 0.717) is 15.7 Å². The molecule has 4 nitrogen and oxygen atoms in total. The molecule has 18 heavy (non-hydrogen) atoms. The van der Waals surface area contributed by atoms with Crippen LogP contribution in [0.1, 0.15) is 20.3 Å². The zero-order chi connectivity index (χ0) is 13.7. The van der Waals surface area contributed by atoms with Gasteiger partial charge in [0, 0.05) is 6.04 Å². The molecule has 6 heteroatoms. The smallest absolute Gasteiger partial charge is 0.233 e. The number of nitrogens with one attached hydrogen (secondary N) is 2. The zero-order valence-corrected chi connectivity index (χ0v) is 11.6. The third-order valence-corrected chi connectivity index (χ3v) is 2.63. The molecule has 0 atom stereocenters. The van der Waals surface area contributed by atoms with Crippen LogP contribution in [-0.2, 0) is 9.59 Å². The molecular formula is C12H14Cl2N2O2. The summed E-state index contributed by atoms with van der Waals surface area (Å²) in [4.78, 5) is 23.0. The van der Waals surface area contributed by atoms with Crippen LogP contribution >= 0.6 is 23.2 Å². The number of carbonyl (C=O) groups is 2. The first-order valence-electron chi connectivity index (χ1n) is 5.43. The van der Waals surface area contributed by atoms with Gasteiger partial charge in [0.15, 0.2) is 0 Å². The molecule has 0 aliphatic carbocycles. The average molecular weight is 289 g/mol. The van der Waals surface area contributed by atoms with Crippen LogP contribution in [-0.4, -0.2) is 17.9 Å². The molecule has 0 saturated heterocycles. The first-order chi connectivity index (χ1) is 8.40. The summed E-state index contributed by atoms with van der Waals surface area (Å²) in [5, 5.41) is 5.81. The van der Waals surface area contributed by atoms with Gasteiger partial charge in [-0.1, -0.05) is 29.3 Å². The Labute approximate surface area is 116 Å². The SMILES string of the molecule is CC(C)NC(=O)CC(=O)Nc1c(Cl)cccc1Cl. The number of rotatable bonds is 4. The summed E-state index contributed by atoms with van der Waals surface area (Å²) < 4.78 is 0. The van der Waals surface area contributed by atoms with Gasteiger partial charge in [-0.15, -0.1) is 0 Å². The normalized spacial score (nSPS) is 10.3. The van der Waals surface area contributed by atoms with Gasteiger partial charge in [-0.3, -0.25) is 9.59 Å². The Balaban J connectivity index is 2.63. The van der Waals surface area contributed by atoms with E-state index in [9.17, 15) is 9.59 Å². The van der Waals surface area contributed by atoms with Gasteiger partial charge >= 0.3 is 0 Å². The largest absolute Gasteiger partial charge is 0.353 e. The predicted octanol–water partition coefficient (Wildman–Crippen LogP) is 2.85. The Morgan fingerprint density at radius 2 is 1.72 bits per heavy atom. The number of benzene rings is 1. The minimum atomic E-state index is -0.455. The molecule has 0 heterocycles. The van der Waals surface area contributed by atoms with Gasteiger partial charge in [-0.25, -0.2) is 0 Å². The molecule has 0 aliphatic rings. The van der Waals surface area contributed by atoms with E-state index in [1.807, 2.05) is 13.8 Å². The quantitative estimate of drug-likeness (QED) is 0.837. The van der Waals surface area contributed by atoms with Gasteiger partial charge in [0.25, 0.3) is 0 Å². The zero-order valence-electron chi connectivity index (χ0n) is 10.1. The van der Waals surface area contributed by atoms with E-state index in [1.54, 1.807) is 18.2 Å². The molecule has 1 rings (SSSR count). The average Bonchev–Trinajstić information content (AvgIpc) is 2.22. The maximum Gasteiger partial charge on any atom is 0.233 e. The van der Waals surface area contributed by atoms with Crippen molar-refractivity contribution >= 4 is 40.7 Å². The van der Waals surface area contributed by atoms with Gasteiger partial charge in [-0.2, -0.15) is 0 Å². The number of amides is 2. The summed E-state index contributed by atoms with van der Waals surface area (Å²) in [6, 6.07) is 4.88. The maximum absolute atomic E-state index is 11.6. The molecule has 0 spiro atoms. The topological polar surface area (TPSA) is 58.2 Å². The Morgan fingerprint density at radius 1 is 1.17 bits per heavy atom. The summed E-state index contributed by atoms with van der Waals surface area (Å²) in [5.41, 5.74) is 0.322. The van der Waals surface area contributed by atoms with Crippen LogP contribution in [0.4, 0.5) is 5.69 Å². The third-order valence-electron chi connectivity index (χ3n) is 2.00. The van der Waals surface area contributed by atoms with Crippen molar-refractivity contribution < 1.29 is 9.59 Å². The Bertz CT molecular complexity index is 441. The lowest BCUT2D eigenvalue weighted by molar-refractivity contribution is -0.127. The molecule has 0 aliphatic heterocycles. The van der Waals surface area contributed by atoms with Crippen molar-refractivity contribution in [3.05, 3.63) is 28.2 Å². The summed E-state index contributed by atoms with van der Waals surface area (Å²) >= 11 is 11.8. The maximum atomic E-state index is 11.6. The van der Waals surface area contributed by atoms with Crippen molar-refractivity contribution in [3.63, 3.8) is 0 Å². The van der Waals surface area contributed by atoms with E-state index in [1.165, 1.54) is 0 Å². The second kappa shape index (κ2) is 6.61. The van der Waals surface area contributed by atoms with E-state index in [4.69, 9.17) is 23.2 Å². The number of para-hydroxylation sites is 1. The summed E-state index contributed by atoms with van der Waals surface area (Å²) in [7, 11) is 0. The molecule has 0 bridgehead atoms. The van der Waals surface area contributed by atoms with E-state index >= 15 is 0 Å². The number of hydrogen-bond acceptors (Lipinski definition) is 2. The summed E-state index contributed by atoms with van der Waals surface area (Å²) in [6.07, 6.45) is -0.264. The highest BCUT2D eigenvalue weighted by atomic mass is 35.5. The molecule has 2 N–H and O–H groups in total. The van der Waals surface area contributed by atoms with Gasteiger partial charge in [-0.05, 0) is 26.0 Å². The molecule has 0 fully saturated rings. The van der Waals surface area contributed by atoms with Crippen molar-refractivity contribution in [3.8, 4) is 0 Å². The van der Waals surface area contributed by atoms with Crippen molar-refractivity contribution in [2.45, 2.75) is 26.3 Å². The summed E-state index contributed by atoms with van der Waals surface area (Å²) in [6.45, 7) is 3.64. The lowest BCUT2D eigenvalue weighted by atomic mass is 10.3. The lowest BCUT2D eigenvalue weighted by Gasteiger charge is -2.10. The molecule has 0 saturated carbocycles. The van der Waals surface area contributed by atoms with Gasteiger partial charge in [0.05, 0.1) is 15.7 Å². The fourth-order valence-electron chi connectivity index (χ4n) is 1.32. The molecular weight excluding hydrogens is 275 g/mol. The van der Waals surface area contributed by atoms with Crippen molar-refractivity contribution in [1.82, 2.24) is 5.32 Å². The van der Waals surface area contributed by atoms with Crippen LogP contribution in [0.2, 0.25) is 10.0 Å². The Hall–Kier alpha value is -1.26. The van der Waals surface area contributed by atoms with Crippen LogP contribution < -0.4 is 10.6 Å². The molecule has 0 unspecified atom stereocenters. The molecule has 98 valence electrons. The molecule has 0 aromatic heterocycles. The first kappa shape index (κ1) is 14.8. The molecule has 0 radical (unpaired) electrons. The van der Waals surface area contributed by atoms with Gasteiger partial charge in [0.1, 0.15) is 6.42 Å². The minimum absolute atomic E-state index is 0.00537. The molecule has 1 aromatic carbocycles. The first-order valence-corrected chi connectivity index (χ1v) is 6.19. The van der Waals surface area contributed by atoms with Crippen molar-refractivity contribution in [2.24, 2.45) is 0 Å². The lowest BCUT2D eigenvalue weighted by Crippen LogP contribution is -2.33. The monoisotopic (exact) mass is 288 g/mol. The van der Waals surface area contributed by atoms with E-state index in [2.05, 4.69) is 10.6 Å². The van der Waals surface area contributed by atoms with E-state index in [0.717, 1.165) is 0 Å². The number of anilines is 1. The standard InChI is InChI=1S/C12H14Cl2N2O2/c1-7(2)15-10(17)6-11(18)16-12-8(13)4-3-5-9(12)14/h3-5,7H,6H2,1-2H3,(H,15,17)(H,16,18). The van der Waals surface area contributed by atoms with Gasteiger partial charge < -0.3 is 10.6 Å². The number of halogens is 2. The van der Waals surface area contributed by atoms with Crippen LogP contribution in [0.5, 0.6) is 0 Å². The molecule has 1 aromatic rings. The minimum Gasteiger partial charge on any atom is -0.353 e. The molecule has 2 amide bonds. The van der Waals surface area contributed by atoms with Crippen molar-refractivity contribution in [1.29, 1.82) is 0 Å². The van der Waals surface area contributed by atoms with Crippen molar-refractivity contribution in [2.75, 3.05) is 5.32 Å². The predicted molar refractivity (Wildman–Crippen MR) is 73.0 cm³/mol. The third kappa shape index (κ3) is 4.55. The van der Waals surface area contributed by atoms with E-state index in [-0.39, 0.29) is 18.4 Å². The Morgan fingerprint density at radius 3 is 2.22 bits per heavy atom. The highest BCUT2D eigenvalue weighted by molar-refractivity contribution is 6.39. The van der Waals surface area contributed by atoms with Crippen LogP contribution in [0, 0.1) is 0 Å². The Kier molecular flexibility index (Phi) is 5.44. The fraction of sp³-hybridized carbons (Fsp3) is 0.333. The highest BCUT2D eigenvalue weighted by Crippen LogP contribution is 2.29. The second-order valence-electron chi connectivity index (χ2n) is 4.04. The summed E-state index contributed by atoms with van der Waals surface area (Å²) in [5.74, 6) is -0.797. The van der Waals surface area contributed by atoms with Crippen LogP contribution in [0.3, 0.4) is 0 Å². The number of carbonyl (C=O) groups excluding carboxylic acids is 2. The number of hydrogen-bond donors (Lipinski definition) is 2. The van der Waals surface area contributed by atoms with Crippen LogP contribution in [0.15, 0.2) is 18.2 Å². The second-order valence-corrected chi connectivity index (χ2v) is 4.86. The van der Waals surface area contributed by atoms with E-state index < -0.39 is 5.91 Å². The van der Waals surface area contributed by atoms with Crippen LogP contribution in [0.25, 0.3) is 0 Å².